The van der Waals surface area contributed by atoms with E-state index in [9.17, 15) is 4.79 Å². The third-order valence-corrected chi connectivity index (χ3v) is 4.94. The van der Waals surface area contributed by atoms with E-state index >= 15 is 0 Å². The lowest BCUT2D eigenvalue weighted by Crippen LogP contribution is -2.27. The zero-order valence-corrected chi connectivity index (χ0v) is 15.7. The maximum atomic E-state index is 12.6. The SMILES string of the molecule is COc1ccc(OC)c([C@@H]2C(C(C)=O)=C(C)Nc3nc4ccccc4n32)c1. The molecule has 2 aromatic carbocycles. The van der Waals surface area contributed by atoms with Gasteiger partial charge in [-0.1, -0.05) is 12.1 Å². The molecule has 1 N–H and O–H groups in total. The Morgan fingerprint density at radius 3 is 2.63 bits per heavy atom. The normalized spacial score (nSPS) is 16.1. The van der Waals surface area contributed by atoms with Crippen LogP contribution in [0.4, 0.5) is 5.95 Å². The van der Waals surface area contributed by atoms with Crippen LogP contribution >= 0.6 is 0 Å². The van der Waals surface area contributed by atoms with Gasteiger partial charge in [-0.3, -0.25) is 9.36 Å². The van der Waals surface area contributed by atoms with Crippen molar-refractivity contribution in [1.82, 2.24) is 9.55 Å². The van der Waals surface area contributed by atoms with Crippen LogP contribution < -0.4 is 14.8 Å². The molecule has 6 heteroatoms. The first-order valence-electron chi connectivity index (χ1n) is 8.72. The maximum absolute atomic E-state index is 12.6. The molecular weight excluding hydrogens is 342 g/mol. The second-order valence-corrected chi connectivity index (χ2v) is 6.52. The number of hydrogen-bond donors (Lipinski definition) is 1. The molecule has 0 saturated heterocycles. The van der Waals surface area contributed by atoms with E-state index in [1.807, 2.05) is 49.4 Å². The van der Waals surface area contributed by atoms with Gasteiger partial charge in [0, 0.05) is 16.8 Å². The van der Waals surface area contributed by atoms with Crippen LogP contribution in [0.2, 0.25) is 0 Å². The van der Waals surface area contributed by atoms with Gasteiger partial charge < -0.3 is 14.8 Å². The highest BCUT2D eigenvalue weighted by Gasteiger charge is 2.34. The van der Waals surface area contributed by atoms with E-state index in [1.54, 1.807) is 21.1 Å². The third kappa shape index (κ3) is 2.65. The molecule has 1 aromatic heterocycles. The van der Waals surface area contributed by atoms with Gasteiger partial charge in [0.2, 0.25) is 5.95 Å². The predicted octanol–water partition coefficient (Wildman–Crippen LogP) is 3.93. The van der Waals surface area contributed by atoms with E-state index in [-0.39, 0.29) is 11.8 Å². The molecule has 3 aromatic rings. The Hall–Kier alpha value is -3.28. The summed E-state index contributed by atoms with van der Waals surface area (Å²) in [6.45, 7) is 3.49. The first-order valence-corrected chi connectivity index (χ1v) is 8.72. The zero-order chi connectivity index (χ0) is 19.1. The molecule has 1 atom stereocenters. The van der Waals surface area contributed by atoms with Crippen LogP contribution in [-0.4, -0.2) is 29.6 Å². The van der Waals surface area contributed by atoms with E-state index in [0.29, 0.717) is 23.0 Å². The minimum Gasteiger partial charge on any atom is -0.497 e. The molecule has 0 spiro atoms. The number of carbonyl (C=O) groups is 1. The number of imidazole rings is 1. The fourth-order valence-electron chi connectivity index (χ4n) is 3.77. The van der Waals surface area contributed by atoms with Crippen LogP contribution in [0.1, 0.15) is 25.5 Å². The second kappa shape index (κ2) is 6.46. The molecule has 0 amide bonds. The standard InChI is InChI=1S/C21H21N3O3/c1-12-19(13(2)25)20(15-11-14(26-3)9-10-18(15)27-4)24-17-8-6-5-7-16(17)23-21(24)22-12/h5-11,20H,1-4H3,(H,22,23)/t20-/m1/s1. The van der Waals surface area contributed by atoms with Gasteiger partial charge in [-0.15, -0.1) is 0 Å². The molecule has 0 saturated carbocycles. The molecule has 0 aliphatic carbocycles. The van der Waals surface area contributed by atoms with Gasteiger partial charge in [0.25, 0.3) is 0 Å². The number of carbonyl (C=O) groups excluding carboxylic acids is 1. The van der Waals surface area contributed by atoms with Gasteiger partial charge in [-0.2, -0.15) is 0 Å². The number of fused-ring (bicyclic) bond motifs is 3. The Labute approximate surface area is 157 Å². The molecule has 0 unspecified atom stereocenters. The van der Waals surface area contributed by atoms with E-state index in [2.05, 4.69) is 9.88 Å². The van der Waals surface area contributed by atoms with Crippen molar-refractivity contribution in [1.29, 1.82) is 0 Å². The number of aromatic nitrogens is 2. The molecule has 0 radical (unpaired) electrons. The summed E-state index contributed by atoms with van der Waals surface area (Å²) in [5.74, 6) is 2.10. The van der Waals surface area contributed by atoms with Crippen molar-refractivity contribution in [3.05, 3.63) is 59.3 Å². The highest BCUT2D eigenvalue weighted by Crippen LogP contribution is 2.43. The average Bonchev–Trinajstić information content (AvgIpc) is 3.03. The highest BCUT2D eigenvalue weighted by molar-refractivity contribution is 5.98. The lowest BCUT2D eigenvalue weighted by molar-refractivity contribution is -0.114. The van der Waals surface area contributed by atoms with Crippen molar-refractivity contribution in [2.45, 2.75) is 19.9 Å². The number of anilines is 1. The maximum Gasteiger partial charge on any atom is 0.209 e. The summed E-state index contributed by atoms with van der Waals surface area (Å²) in [5, 5.41) is 3.29. The summed E-state index contributed by atoms with van der Waals surface area (Å²) in [5.41, 5.74) is 4.13. The number of Topliss-reactive ketones (excluding diaryl/α,β-unsaturated/α-hetero) is 1. The molecule has 4 rings (SSSR count). The molecule has 1 aliphatic rings. The summed E-state index contributed by atoms with van der Waals surface area (Å²) in [7, 11) is 3.25. The Kier molecular flexibility index (Phi) is 4.11. The van der Waals surface area contributed by atoms with E-state index in [1.165, 1.54) is 0 Å². The minimum atomic E-state index is -0.365. The van der Waals surface area contributed by atoms with Crippen LogP contribution in [0.3, 0.4) is 0 Å². The molecule has 0 fully saturated rings. The summed E-state index contributed by atoms with van der Waals surface area (Å²) in [4.78, 5) is 17.3. The molecule has 27 heavy (non-hydrogen) atoms. The summed E-state index contributed by atoms with van der Waals surface area (Å²) < 4.78 is 13.1. The Morgan fingerprint density at radius 2 is 1.93 bits per heavy atom. The quantitative estimate of drug-likeness (QED) is 0.761. The molecule has 2 heterocycles. The van der Waals surface area contributed by atoms with Crippen LogP contribution in [0.25, 0.3) is 11.0 Å². The van der Waals surface area contributed by atoms with Crippen LogP contribution in [-0.2, 0) is 4.79 Å². The lowest BCUT2D eigenvalue weighted by atomic mass is 9.91. The molecule has 1 aliphatic heterocycles. The number of hydrogen-bond acceptors (Lipinski definition) is 5. The average molecular weight is 363 g/mol. The molecule has 6 nitrogen and oxygen atoms in total. The Balaban J connectivity index is 2.07. The Bertz CT molecular complexity index is 1080. The van der Waals surface area contributed by atoms with Crippen molar-refractivity contribution in [3.8, 4) is 11.5 Å². The van der Waals surface area contributed by atoms with Gasteiger partial charge in [-0.25, -0.2) is 4.98 Å². The number of nitrogens with zero attached hydrogens (tertiary/aromatic N) is 2. The largest absolute Gasteiger partial charge is 0.497 e. The van der Waals surface area contributed by atoms with E-state index < -0.39 is 0 Å². The Morgan fingerprint density at radius 1 is 1.15 bits per heavy atom. The monoisotopic (exact) mass is 363 g/mol. The lowest BCUT2D eigenvalue weighted by Gasteiger charge is -2.31. The molecule has 0 bridgehead atoms. The number of nitrogens with one attached hydrogen (secondary N) is 1. The van der Waals surface area contributed by atoms with Crippen molar-refractivity contribution >= 4 is 22.8 Å². The number of benzene rings is 2. The van der Waals surface area contributed by atoms with Gasteiger partial charge >= 0.3 is 0 Å². The summed E-state index contributed by atoms with van der Waals surface area (Å²) in [6, 6.07) is 13.2. The number of rotatable bonds is 4. The van der Waals surface area contributed by atoms with E-state index in [4.69, 9.17) is 14.5 Å². The molecular formula is C21H21N3O3. The van der Waals surface area contributed by atoms with Crippen LogP contribution in [0.15, 0.2) is 53.7 Å². The van der Waals surface area contributed by atoms with Crippen molar-refractivity contribution in [3.63, 3.8) is 0 Å². The fraction of sp³-hybridized carbons (Fsp3) is 0.238. The topological polar surface area (TPSA) is 65.4 Å². The third-order valence-electron chi connectivity index (χ3n) is 4.94. The van der Waals surface area contributed by atoms with Crippen LogP contribution in [0.5, 0.6) is 11.5 Å². The fourth-order valence-corrected chi connectivity index (χ4v) is 3.77. The predicted molar refractivity (Wildman–Crippen MR) is 104 cm³/mol. The first-order chi connectivity index (χ1) is 13.0. The van der Waals surface area contributed by atoms with Crippen molar-refractivity contribution < 1.29 is 14.3 Å². The highest BCUT2D eigenvalue weighted by atomic mass is 16.5. The van der Waals surface area contributed by atoms with Crippen molar-refractivity contribution in [2.75, 3.05) is 19.5 Å². The first kappa shape index (κ1) is 17.1. The van der Waals surface area contributed by atoms with Gasteiger partial charge in [-0.05, 0) is 44.2 Å². The number of ether oxygens (including phenoxy) is 2. The van der Waals surface area contributed by atoms with E-state index in [0.717, 1.165) is 22.3 Å². The number of methoxy groups -OCH3 is 2. The number of para-hydroxylation sites is 2. The summed E-state index contributed by atoms with van der Waals surface area (Å²) in [6.07, 6.45) is 0. The van der Waals surface area contributed by atoms with Gasteiger partial charge in [0.1, 0.15) is 11.5 Å². The zero-order valence-electron chi connectivity index (χ0n) is 15.7. The van der Waals surface area contributed by atoms with Gasteiger partial charge in [0.15, 0.2) is 5.78 Å². The smallest absolute Gasteiger partial charge is 0.209 e. The van der Waals surface area contributed by atoms with Crippen LogP contribution in [0, 0.1) is 0 Å². The summed E-state index contributed by atoms with van der Waals surface area (Å²) >= 11 is 0. The van der Waals surface area contributed by atoms with Gasteiger partial charge in [0.05, 0.1) is 31.3 Å². The molecule has 138 valence electrons. The number of allylic oxidation sites excluding steroid dienone is 2. The van der Waals surface area contributed by atoms with Crippen molar-refractivity contribution in [2.24, 2.45) is 0 Å². The number of ketones is 1. The second-order valence-electron chi connectivity index (χ2n) is 6.52. The minimum absolute atomic E-state index is 0.00157.